The van der Waals surface area contributed by atoms with Gasteiger partial charge in [-0.3, -0.25) is 4.79 Å². The van der Waals surface area contributed by atoms with E-state index in [1.807, 2.05) is 6.08 Å². The molecule has 0 rings (SSSR count). The van der Waals surface area contributed by atoms with Crippen molar-refractivity contribution in [2.75, 3.05) is 6.61 Å². The highest BCUT2D eigenvalue weighted by Crippen LogP contribution is 2.15. The molecule has 0 radical (unpaired) electrons. The monoisotopic (exact) mass is 596 g/mol. The minimum atomic E-state index is -1.09. The number of carbonyl (C=O) groups is 1. The van der Waals surface area contributed by atoms with Crippen LogP contribution in [-0.2, 0) is 4.79 Å². The summed E-state index contributed by atoms with van der Waals surface area (Å²) in [5, 5.41) is 32.9. The van der Waals surface area contributed by atoms with Crippen LogP contribution in [0.4, 0.5) is 0 Å². The lowest BCUT2D eigenvalue weighted by molar-refractivity contribution is -0.131. The van der Waals surface area contributed by atoms with Crippen LogP contribution in [0.15, 0.2) is 12.2 Å². The van der Waals surface area contributed by atoms with E-state index in [4.69, 9.17) is 0 Å². The van der Waals surface area contributed by atoms with Crippen LogP contribution in [0.2, 0.25) is 0 Å². The number of rotatable bonds is 32. The highest BCUT2D eigenvalue weighted by atomic mass is 16.3. The SMILES string of the molecule is CCCCCCCCCCCCCCCCCCC(O)C(=O)N[C@@H](CO)[C@H](O)/C=C/CCCCCCCCCC(C)C. The molecule has 0 fully saturated rings. The average molecular weight is 596 g/mol. The summed E-state index contributed by atoms with van der Waals surface area (Å²) in [4.78, 5) is 12.4. The standard InChI is InChI=1S/C37H73NO4/c1-4-5-6-7-8-9-10-11-12-13-14-15-18-22-25-28-31-36(41)37(42)38-34(32-39)35(40)30-27-24-21-19-16-17-20-23-26-29-33(2)3/h27,30,33-36,39-41H,4-26,28-29,31-32H2,1-3H3,(H,38,42)/b30-27+/t34-,35+,36?/m0/s1. The van der Waals surface area contributed by atoms with Crippen molar-refractivity contribution in [2.45, 2.75) is 206 Å². The van der Waals surface area contributed by atoms with E-state index in [1.54, 1.807) is 6.08 Å². The second-order valence-electron chi connectivity index (χ2n) is 13.3. The number of nitrogens with one attached hydrogen (secondary N) is 1. The van der Waals surface area contributed by atoms with Crippen molar-refractivity contribution in [3.05, 3.63) is 12.2 Å². The Balaban J connectivity index is 3.72. The minimum absolute atomic E-state index is 0.361. The molecular formula is C37H73NO4. The molecule has 5 heteroatoms. The van der Waals surface area contributed by atoms with Gasteiger partial charge in [0.15, 0.2) is 0 Å². The van der Waals surface area contributed by atoms with E-state index in [2.05, 4.69) is 26.1 Å². The van der Waals surface area contributed by atoms with Crippen LogP contribution in [0.25, 0.3) is 0 Å². The van der Waals surface area contributed by atoms with Gasteiger partial charge in [0, 0.05) is 0 Å². The first-order valence-electron chi connectivity index (χ1n) is 18.4. The summed E-state index contributed by atoms with van der Waals surface area (Å²) in [7, 11) is 0. The Kier molecular flexibility index (Phi) is 30.8. The lowest BCUT2D eigenvalue weighted by Crippen LogP contribution is -2.48. The fourth-order valence-corrected chi connectivity index (χ4v) is 5.60. The third-order valence-electron chi connectivity index (χ3n) is 8.56. The Hall–Kier alpha value is -0.910. The van der Waals surface area contributed by atoms with E-state index in [1.165, 1.54) is 128 Å². The predicted octanol–water partition coefficient (Wildman–Crippen LogP) is 9.56. The first-order valence-corrected chi connectivity index (χ1v) is 18.4. The maximum atomic E-state index is 12.4. The molecule has 42 heavy (non-hydrogen) atoms. The van der Waals surface area contributed by atoms with Crippen LogP contribution in [0.1, 0.15) is 188 Å². The number of unbranched alkanes of at least 4 members (excludes halogenated alkanes) is 22. The summed E-state index contributed by atoms with van der Waals surface area (Å²) in [6.07, 6.45) is 33.7. The molecule has 250 valence electrons. The molecule has 0 aromatic rings. The molecule has 0 saturated carbocycles. The fourth-order valence-electron chi connectivity index (χ4n) is 5.60. The fraction of sp³-hybridized carbons (Fsp3) is 0.919. The smallest absolute Gasteiger partial charge is 0.249 e. The first kappa shape index (κ1) is 41.1. The van der Waals surface area contributed by atoms with Gasteiger partial charge in [-0.05, 0) is 25.2 Å². The van der Waals surface area contributed by atoms with Crippen molar-refractivity contribution in [2.24, 2.45) is 5.92 Å². The van der Waals surface area contributed by atoms with Gasteiger partial charge in [-0.1, -0.05) is 181 Å². The zero-order chi connectivity index (χ0) is 31.1. The van der Waals surface area contributed by atoms with Crippen LogP contribution in [-0.4, -0.2) is 46.1 Å². The number of amides is 1. The van der Waals surface area contributed by atoms with Gasteiger partial charge >= 0.3 is 0 Å². The molecular weight excluding hydrogens is 522 g/mol. The first-order chi connectivity index (χ1) is 20.4. The molecule has 0 aliphatic heterocycles. The van der Waals surface area contributed by atoms with Crippen LogP contribution in [0, 0.1) is 5.92 Å². The molecule has 0 heterocycles. The Bertz CT molecular complexity index is 594. The van der Waals surface area contributed by atoms with E-state index >= 15 is 0 Å². The Morgan fingerprint density at radius 3 is 1.45 bits per heavy atom. The van der Waals surface area contributed by atoms with Gasteiger partial charge in [0.05, 0.1) is 18.8 Å². The van der Waals surface area contributed by atoms with Crippen LogP contribution < -0.4 is 5.32 Å². The number of carbonyl (C=O) groups excluding carboxylic acids is 1. The van der Waals surface area contributed by atoms with Crippen LogP contribution in [0.3, 0.4) is 0 Å². The summed E-state index contributed by atoms with van der Waals surface area (Å²) in [6.45, 7) is 6.48. The number of hydrogen-bond acceptors (Lipinski definition) is 4. The third kappa shape index (κ3) is 27.9. The van der Waals surface area contributed by atoms with Gasteiger partial charge < -0.3 is 20.6 Å². The van der Waals surface area contributed by atoms with Crippen molar-refractivity contribution in [1.29, 1.82) is 0 Å². The van der Waals surface area contributed by atoms with E-state index in [9.17, 15) is 20.1 Å². The maximum absolute atomic E-state index is 12.4. The molecule has 0 spiro atoms. The van der Waals surface area contributed by atoms with Gasteiger partial charge in [0.1, 0.15) is 6.10 Å². The van der Waals surface area contributed by atoms with Crippen molar-refractivity contribution >= 4 is 5.91 Å². The lowest BCUT2D eigenvalue weighted by Gasteiger charge is -2.21. The molecule has 0 aliphatic carbocycles. The zero-order valence-corrected chi connectivity index (χ0v) is 28.3. The number of aliphatic hydroxyl groups is 3. The van der Waals surface area contributed by atoms with Gasteiger partial charge in [-0.2, -0.15) is 0 Å². The number of aliphatic hydroxyl groups excluding tert-OH is 3. The quantitative estimate of drug-likeness (QED) is 0.0460. The minimum Gasteiger partial charge on any atom is -0.394 e. The number of hydrogen-bond donors (Lipinski definition) is 4. The van der Waals surface area contributed by atoms with E-state index in [-0.39, 0.29) is 6.61 Å². The Morgan fingerprint density at radius 2 is 1.02 bits per heavy atom. The molecule has 1 unspecified atom stereocenters. The molecule has 5 nitrogen and oxygen atoms in total. The molecule has 1 amide bonds. The van der Waals surface area contributed by atoms with Gasteiger partial charge in [-0.15, -0.1) is 0 Å². The third-order valence-corrected chi connectivity index (χ3v) is 8.56. The largest absolute Gasteiger partial charge is 0.394 e. The molecule has 0 aliphatic rings. The summed E-state index contributed by atoms with van der Waals surface area (Å²) in [5.74, 6) is 0.306. The van der Waals surface area contributed by atoms with E-state index < -0.39 is 24.2 Å². The van der Waals surface area contributed by atoms with E-state index in [0.29, 0.717) is 6.42 Å². The second kappa shape index (κ2) is 31.5. The van der Waals surface area contributed by atoms with Gasteiger partial charge in [0.25, 0.3) is 0 Å². The predicted molar refractivity (Wildman–Crippen MR) is 181 cm³/mol. The summed E-state index contributed by atoms with van der Waals surface area (Å²) in [5.41, 5.74) is 0. The zero-order valence-electron chi connectivity index (χ0n) is 28.3. The Labute approximate surface area is 261 Å². The van der Waals surface area contributed by atoms with Crippen molar-refractivity contribution < 1.29 is 20.1 Å². The molecule has 3 atom stereocenters. The van der Waals surface area contributed by atoms with Gasteiger partial charge in [0.2, 0.25) is 5.91 Å². The molecule has 0 bridgehead atoms. The van der Waals surface area contributed by atoms with Gasteiger partial charge in [-0.25, -0.2) is 0 Å². The second-order valence-corrected chi connectivity index (χ2v) is 13.3. The van der Waals surface area contributed by atoms with Crippen molar-refractivity contribution in [3.63, 3.8) is 0 Å². The highest BCUT2D eigenvalue weighted by molar-refractivity contribution is 5.80. The van der Waals surface area contributed by atoms with Crippen molar-refractivity contribution in [1.82, 2.24) is 5.32 Å². The average Bonchev–Trinajstić information content (AvgIpc) is 2.97. The number of allylic oxidation sites excluding steroid dienone is 1. The lowest BCUT2D eigenvalue weighted by atomic mass is 10.0. The van der Waals surface area contributed by atoms with Crippen LogP contribution >= 0.6 is 0 Å². The van der Waals surface area contributed by atoms with Crippen LogP contribution in [0.5, 0.6) is 0 Å². The molecule has 0 aromatic carbocycles. The topological polar surface area (TPSA) is 89.8 Å². The summed E-state index contributed by atoms with van der Waals surface area (Å²) in [6, 6.07) is -0.792. The van der Waals surface area contributed by atoms with E-state index in [0.717, 1.165) is 38.0 Å². The molecule has 4 N–H and O–H groups in total. The van der Waals surface area contributed by atoms with Crippen molar-refractivity contribution in [3.8, 4) is 0 Å². The Morgan fingerprint density at radius 1 is 0.619 bits per heavy atom. The molecule has 0 aromatic heterocycles. The summed E-state index contributed by atoms with van der Waals surface area (Å²) < 4.78 is 0. The highest BCUT2D eigenvalue weighted by Gasteiger charge is 2.22. The molecule has 0 saturated heterocycles. The normalized spacial score (nSPS) is 14.1. The maximum Gasteiger partial charge on any atom is 0.249 e. The summed E-state index contributed by atoms with van der Waals surface area (Å²) >= 11 is 0.